The van der Waals surface area contributed by atoms with Crippen LogP contribution in [-0.2, 0) is 0 Å². The Morgan fingerprint density at radius 1 is 1.47 bits per heavy atom. The maximum atomic E-state index is 6.13. The van der Waals surface area contributed by atoms with E-state index in [0.29, 0.717) is 6.04 Å². The van der Waals surface area contributed by atoms with Gasteiger partial charge in [-0.1, -0.05) is 43.7 Å². The molecule has 3 heteroatoms. The average Bonchev–Trinajstić information content (AvgIpc) is 2.32. The molecule has 0 fully saturated rings. The van der Waals surface area contributed by atoms with Crippen LogP contribution >= 0.6 is 27.5 Å². The Morgan fingerprint density at radius 2 is 2.18 bits per heavy atom. The molecule has 1 aromatic carbocycles. The third kappa shape index (κ3) is 4.46. The highest BCUT2D eigenvalue weighted by molar-refractivity contribution is 9.10. The molecule has 0 bridgehead atoms. The molecule has 1 nitrogen and oxygen atoms in total. The first kappa shape index (κ1) is 14.7. The Kier molecular flexibility index (Phi) is 6.24. The lowest BCUT2D eigenvalue weighted by Gasteiger charge is -2.19. The highest BCUT2D eigenvalue weighted by Gasteiger charge is 2.12. The first-order valence-electron chi connectivity index (χ1n) is 5.93. The van der Waals surface area contributed by atoms with Crippen molar-refractivity contribution in [3.8, 4) is 0 Å². The van der Waals surface area contributed by atoms with Crippen LogP contribution in [0.15, 0.2) is 34.8 Å². The van der Waals surface area contributed by atoms with Crippen molar-refractivity contribution in [2.24, 2.45) is 0 Å². The zero-order chi connectivity index (χ0) is 12.8. The molecule has 0 spiro atoms. The molecule has 0 aliphatic heterocycles. The second kappa shape index (κ2) is 7.20. The van der Waals surface area contributed by atoms with Gasteiger partial charge >= 0.3 is 0 Å². The van der Waals surface area contributed by atoms with Crippen LogP contribution in [0.25, 0.3) is 0 Å². The van der Waals surface area contributed by atoms with Crippen molar-refractivity contribution < 1.29 is 0 Å². The Bertz CT molecular complexity index is 390. The molecule has 1 aromatic rings. The first-order chi connectivity index (χ1) is 8.08. The molecule has 1 atom stereocenters. The minimum absolute atomic E-state index is 0.304. The van der Waals surface area contributed by atoms with Crippen LogP contribution in [0.2, 0.25) is 5.02 Å². The lowest BCUT2D eigenvalue weighted by molar-refractivity contribution is 0.543. The molecule has 0 amide bonds. The van der Waals surface area contributed by atoms with Gasteiger partial charge < -0.3 is 5.32 Å². The van der Waals surface area contributed by atoms with Gasteiger partial charge in [-0.2, -0.15) is 0 Å². The van der Waals surface area contributed by atoms with E-state index in [4.69, 9.17) is 11.6 Å². The Morgan fingerprint density at radius 3 is 2.71 bits per heavy atom. The van der Waals surface area contributed by atoms with E-state index in [1.807, 2.05) is 12.1 Å². The van der Waals surface area contributed by atoms with Crippen molar-refractivity contribution in [1.82, 2.24) is 5.32 Å². The lowest BCUT2D eigenvalue weighted by Crippen LogP contribution is -2.21. The Hall–Kier alpha value is -0.310. The largest absolute Gasteiger partial charge is 0.310 e. The molecular formula is C14H19BrClN. The van der Waals surface area contributed by atoms with Gasteiger partial charge in [0.25, 0.3) is 0 Å². The SMILES string of the molecule is C=C(CC)CC(NCC)c1ccc(Br)c(Cl)c1. The van der Waals surface area contributed by atoms with E-state index in [0.717, 1.165) is 28.9 Å². The molecule has 0 aromatic heterocycles. The molecule has 17 heavy (non-hydrogen) atoms. The van der Waals surface area contributed by atoms with Gasteiger partial charge in [0.05, 0.1) is 5.02 Å². The van der Waals surface area contributed by atoms with E-state index in [2.05, 4.69) is 47.7 Å². The fourth-order valence-electron chi connectivity index (χ4n) is 1.72. The molecule has 0 aliphatic rings. The summed E-state index contributed by atoms with van der Waals surface area (Å²) in [5, 5.41) is 4.23. The summed E-state index contributed by atoms with van der Waals surface area (Å²) in [6, 6.07) is 6.42. The number of benzene rings is 1. The van der Waals surface area contributed by atoms with Gasteiger partial charge in [0.15, 0.2) is 0 Å². The van der Waals surface area contributed by atoms with Gasteiger partial charge in [0.2, 0.25) is 0 Å². The molecule has 94 valence electrons. The summed E-state index contributed by atoms with van der Waals surface area (Å²) in [5.41, 5.74) is 2.48. The van der Waals surface area contributed by atoms with Crippen LogP contribution in [0.4, 0.5) is 0 Å². The topological polar surface area (TPSA) is 12.0 Å². The average molecular weight is 317 g/mol. The van der Waals surface area contributed by atoms with Crippen molar-refractivity contribution in [3.63, 3.8) is 0 Å². The fraction of sp³-hybridized carbons (Fsp3) is 0.429. The zero-order valence-corrected chi connectivity index (χ0v) is 12.7. The normalized spacial score (nSPS) is 12.5. The predicted octanol–water partition coefficient (Wildman–Crippen LogP) is 5.11. The molecule has 0 saturated carbocycles. The van der Waals surface area contributed by atoms with Crippen LogP contribution in [0.3, 0.4) is 0 Å². The highest BCUT2D eigenvalue weighted by atomic mass is 79.9. The zero-order valence-electron chi connectivity index (χ0n) is 10.4. The van der Waals surface area contributed by atoms with E-state index in [1.165, 1.54) is 11.1 Å². The van der Waals surface area contributed by atoms with Gasteiger partial charge in [0.1, 0.15) is 0 Å². The van der Waals surface area contributed by atoms with E-state index >= 15 is 0 Å². The molecule has 0 saturated heterocycles. The number of rotatable bonds is 6. The third-order valence-electron chi connectivity index (χ3n) is 2.79. The minimum atomic E-state index is 0.304. The number of hydrogen-bond donors (Lipinski definition) is 1. The molecule has 0 heterocycles. The van der Waals surface area contributed by atoms with Crippen molar-refractivity contribution in [2.45, 2.75) is 32.7 Å². The van der Waals surface area contributed by atoms with Crippen LogP contribution in [0.5, 0.6) is 0 Å². The van der Waals surface area contributed by atoms with E-state index in [9.17, 15) is 0 Å². The Balaban J connectivity index is 2.88. The van der Waals surface area contributed by atoms with Crippen LogP contribution in [-0.4, -0.2) is 6.54 Å². The van der Waals surface area contributed by atoms with Crippen LogP contribution in [0.1, 0.15) is 38.3 Å². The third-order valence-corrected chi connectivity index (χ3v) is 4.02. The summed E-state index contributed by atoms with van der Waals surface area (Å²) in [5.74, 6) is 0. The standard InChI is InChI=1S/C14H19BrClN/c1-4-10(3)8-14(17-5-2)11-6-7-12(15)13(16)9-11/h6-7,9,14,17H,3-5,8H2,1-2H3. The quantitative estimate of drug-likeness (QED) is 0.719. The number of nitrogens with one attached hydrogen (secondary N) is 1. The molecule has 1 N–H and O–H groups in total. The van der Waals surface area contributed by atoms with E-state index in [-0.39, 0.29) is 0 Å². The first-order valence-corrected chi connectivity index (χ1v) is 7.10. The molecule has 1 unspecified atom stereocenters. The summed E-state index contributed by atoms with van der Waals surface area (Å²) in [4.78, 5) is 0. The van der Waals surface area contributed by atoms with Crippen molar-refractivity contribution in [1.29, 1.82) is 0 Å². The summed E-state index contributed by atoms with van der Waals surface area (Å²) < 4.78 is 0.937. The maximum absolute atomic E-state index is 6.13. The van der Waals surface area contributed by atoms with Gasteiger partial charge in [0, 0.05) is 10.5 Å². The number of hydrogen-bond acceptors (Lipinski definition) is 1. The maximum Gasteiger partial charge on any atom is 0.0551 e. The molecular weight excluding hydrogens is 298 g/mol. The van der Waals surface area contributed by atoms with Crippen LogP contribution in [0, 0.1) is 0 Å². The van der Waals surface area contributed by atoms with Gasteiger partial charge in [-0.05, 0) is 53.0 Å². The smallest absolute Gasteiger partial charge is 0.0551 e. The van der Waals surface area contributed by atoms with Gasteiger partial charge in [-0.3, -0.25) is 0 Å². The van der Waals surface area contributed by atoms with Gasteiger partial charge in [-0.25, -0.2) is 0 Å². The fourth-order valence-corrected chi connectivity index (χ4v) is 2.15. The van der Waals surface area contributed by atoms with Crippen molar-refractivity contribution in [3.05, 3.63) is 45.4 Å². The lowest BCUT2D eigenvalue weighted by atomic mass is 9.98. The molecule has 0 radical (unpaired) electrons. The molecule has 0 aliphatic carbocycles. The second-order valence-corrected chi connectivity index (χ2v) is 5.35. The van der Waals surface area contributed by atoms with Crippen molar-refractivity contribution >= 4 is 27.5 Å². The summed E-state index contributed by atoms with van der Waals surface area (Å²) >= 11 is 9.54. The number of halogens is 2. The summed E-state index contributed by atoms with van der Waals surface area (Å²) in [7, 11) is 0. The second-order valence-electron chi connectivity index (χ2n) is 4.09. The van der Waals surface area contributed by atoms with Crippen LogP contribution < -0.4 is 5.32 Å². The Labute approximate surface area is 117 Å². The monoisotopic (exact) mass is 315 g/mol. The summed E-state index contributed by atoms with van der Waals surface area (Å²) in [6.45, 7) is 9.27. The predicted molar refractivity (Wildman–Crippen MR) is 79.6 cm³/mol. The molecule has 1 rings (SSSR count). The highest BCUT2D eigenvalue weighted by Crippen LogP contribution is 2.28. The minimum Gasteiger partial charge on any atom is -0.310 e. The van der Waals surface area contributed by atoms with E-state index in [1.54, 1.807) is 0 Å². The van der Waals surface area contributed by atoms with Crippen molar-refractivity contribution in [2.75, 3.05) is 6.54 Å². The van der Waals surface area contributed by atoms with Gasteiger partial charge in [-0.15, -0.1) is 0 Å². The van der Waals surface area contributed by atoms with E-state index < -0.39 is 0 Å². The summed E-state index contributed by atoms with van der Waals surface area (Å²) in [6.07, 6.45) is 1.98.